The lowest BCUT2D eigenvalue weighted by atomic mass is 9.96. The number of carbonyl (C=O) groups excluding carboxylic acids is 1. The summed E-state index contributed by atoms with van der Waals surface area (Å²) >= 11 is 0. The quantitative estimate of drug-likeness (QED) is 0.586. The first-order valence-electron chi connectivity index (χ1n) is 11.0. The van der Waals surface area contributed by atoms with E-state index in [0.29, 0.717) is 13.1 Å². The Morgan fingerprint density at radius 2 is 1.39 bits per heavy atom. The standard InChI is InChI=1S/C27H30N2O2/c1-21-10-9-15-25(20-21)31-22(2)27(30)29-18-16-28(17-19-29)26(23-11-5-3-6-12-23)24-13-7-4-8-14-24/h3-15,20,22,26H,16-19H2,1-2H3. The van der Waals surface area contributed by atoms with Gasteiger partial charge < -0.3 is 9.64 Å². The van der Waals surface area contributed by atoms with Crippen LogP contribution in [0.25, 0.3) is 0 Å². The Morgan fingerprint density at radius 3 is 1.94 bits per heavy atom. The van der Waals surface area contributed by atoms with Gasteiger partial charge in [-0.25, -0.2) is 0 Å². The van der Waals surface area contributed by atoms with Gasteiger partial charge in [-0.3, -0.25) is 9.69 Å². The smallest absolute Gasteiger partial charge is 0.263 e. The van der Waals surface area contributed by atoms with E-state index in [9.17, 15) is 4.79 Å². The molecule has 4 heteroatoms. The molecule has 4 rings (SSSR count). The number of aryl methyl sites for hydroxylation is 1. The fourth-order valence-corrected chi connectivity index (χ4v) is 4.29. The molecular formula is C27H30N2O2. The molecule has 4 nitrogen and oxygen atoms in total. The van der Waals surface area contributed by atoms with Gasteiger partial charge in [-0.2, -0.15) is 0 Å². The number of amides is 1. The lowest BCUT2D eigenvalue weighted by Gasteiger charge is -2.40. The zero-order chi connectivity index (χ0) is 21.6. The largest absolute Gasteiger partial charge is 0.481 e. The maximum absolute atomic E-state index is 13.0. The fourth-order valence-electron chi connectivity index (χ4n) is 4.29. The molecule has 0 aliphatic carbocycles. The highest BCUT2D eigenvalue weighted by Gasteiger charge is 2.30. The number of benzene rings is 3. The molecule has 1 unspecified atom stereocenters. The molecule has 1 amide bonds. The Kier molecular flexibility index (Phi) is 6.68. The van der Waals surface area contributed by atoms with E-state index in [-0.39, 0.29) is 11.9 Å². The molecule has 31 heavy (non-hydrogen) atoms. The van der Waals surface area contributed by atoms with Crippen LogP contribution in [0.15, 0.2) is 84.9 Å². The maximum Gasteiger partial charge on any atom is 0.263 e. The number of rotatable bonds is 6. The van der Waals surface area contributed by atoms with Gasteiger partial charge in [0, 0.05) is 26.2 Å². The SMILES string of the molecule is Cc1cccc(OC(C)C(=O)N2CCN(C(c3ccccc3)c3ccccc3)CC2)c1. The van der Waals surface area contributed by atoms with Crippen molar-refractivity contribution >= 4 is 5.91 Å². The minimum atomic E-state index is -0.493. The second-order valence-corrected chi connectivity index (χ2v) is 8.16. The monoisotopic (exact) mass is 414 g/mol. The average Bonchev–Trinajstić information content (AvgIpc) is 2.81. The van der Waals surface area contributed by atoms with Crippen molar-refractivity contribution in [2.24, 2.45) is 0 Å². The number of nitrogens with zero attached hydrogens (tertiary/aromatic N) is 2. The first-order valence-corrected chi connectivity index (χ1v) is 11.0. The van der Waals surface area contributed by atoms with Gasteiger partial charge in [0.1, 0.15) is 5.75 Å². The third kappa shape index (κ3) is 5.15. The van der Waals surface area contributed by atoms with Crippen molar-refractivity contribution < 1.29 is 9.53 Å². The maximum atomic E-state index is 13.0. The summed E-state index contributed by atoms with van der Waals surface area (Å²) in [5.74, 6) is 0.796. The van der Waals surface area contributed by atoms with Gasteiger partial charge in [0.05, 0.1) is 6.04 Å². The number of carbonyl (C=O) groups is 1. The van der Waals surface area contributed by atoms with E-state index >= 15 is 0 Å². The normalized spacial score (nSPS) is 15.6. The van der Waals surface area contributed by atoms with E-state index in [0.717, 1.165) is 24.4 Å². The van der Waals surface area contributed by atoms with E-state index in [1.807, 2.05) is 43.0 Å². The van der Waals surface area contributed by atoms with Gasteiger partial charge in [0.15, 0.2) is 6.10 Å². The molecule has 0 bridgehead atoms. The second-order valence-electron chi connectivity index (χ2n) is 8.16. The van der Waals surface area contributed by atoms with Crippen LogP contribution in [0.5, 0.6) is 5.75 Å². The number of piperazine rings is 1. The van der Waals surface area contributed by atoms with Crippen LogP contribution in [0, 0.1) is 6.92 Å². The summed E-state index contributed by atoms with van der Waals surface area (Å²) in [5, 5.41) is 0. The van der Waals surface area contributed by atoms with Gasteiger partial charge in [-0.15, -0.1) is 0 Å². The predicted octanol–water partition coefficient (Wildman–Crippen LogP) is 4.70. The molecule has 1 fully saturated rings. The van der Waals surface area contributed by atoms with E-state index in [1.54, 1.807) is 0 Å². The van der Waals surface area contributed by atoms with Crippen LogP contribution in [0.4, 0.5) is 0 Å². The molecule has 1 atom stereocenters. The summed E-state index contributed by atoms with van der Waals surface area (Å²) in [6, 6.07) is 29.3. The molecular weight excluding hydrogens is 384 g/mol. The van der Waals surface area contributed by atoms with Gasteiger partial charge in [0.25, 0.3) is 5.91 Å². The Hall–Kier alpha value is -3.11. The van der Waals surface area contributed by atoms with Crippen LogP contribution in [-0.2, 0) is 4.79 Å². The number of hydrogen-bond acceptors (Lipinski definition) is 3. The highest BCUT2D eigenvalue weighted by molar-refractivity contribution is 5.81. The Morgan fingerprint density at radius 1 is 0.806 bits per heavy atom. The molecule has 3 aromatic rings. The zero-order valence-corrected chi connectivity index (χ0v) is 18.3. The van der Waals surface area contributed by atoms with Crippen LogP contribution >= 0.6 is 0 Å². The first kappa shape index (κ1) is 21.1. The molecule has 1 saturated heterocycles. The molecule has 3 aromatic carbocycles. The molecule has 0 radical (unpaired) electrons. The van der Waals surface area contributed by atoms with Crippen LogP contribution in [-0.4, -0.2) is 48.0 Å². The summed E-state index contributed by atoms with van der Waals surface area (Å²) in [5.41, 5.74) is 3.69. The Balaban J connectivity index is 1.42. The molecule has 0 N–H and O–H groups in total. The molecule has 0 aromatic heterocycles. The van der Waals surface area contributed by atoms with Crippen LogP contribution in [0.3, 0.4) is 0 Å². The summed E-state index contributed by atoms with van der Waals surface area (Å²) < 4.78 is 5.92. The first-order chi connectivity index (χ1) is 15.1. The topological polar surface area (TPSA) is 32.8 Å². The zero-order valence-electron chi connectivity index (χ0n) is 18.3. The van der Waals surface area contributed by atoms with Crippen molar-refractivity contribution in [3.05, 3.63) is 102 Å². The summed E-state index contributed by atoms with van der Waals surface area (Å²) in [7, 11) is 0. The van der Waals surface area contributed by atoms with Gasteiger partial charge in [-0.1, -0.05) is 72.8 Å². The second kappa shape index (κ2) is 9.80. The molecule has 1 aliphatic rings. The molecule has 1 heterocycles. The third-order valence-corrected chi connectivity index (χ3v) is 5.87. The van der Waals surface area contributed by atoms with Crippen LogP contribution < -0.4 is 4.74 Å². The minimum absolute atomic E-state index is 0.0529. The van der Waals surface area contributed by atoms with E-state index < -0.39 is 6.10 Å². The van der Waals surface area contributed by atoms with Gasteiger partial charge in [0.2, 0.25) is 0 Å². The fraction of sp³-hybridized carbons (Fsp3) is 0.296. The van der Waals surface area contributed by atoms with E-state index in [2.05, 4.69) is 65.6 Å². The average molecular weight is 415 g/mol. The van der Waals surface area contributed by atoms with E-state index in [4.69, 9.17) is 4.74 Å². The number of ether oxygens (including phenoxy) is 1. The van der Waals surface area contributed by atoms with Crippen molar-refractivity contribution in [1.29, 1.82) is 0 Å². The molecule has 0 saturated carbocycles. The summed E-state index contributed by atoms with van der Waals surface area (Å²) in [6.07, 6.45) is -0.493. The predicted molar refractivity (Wildman–Crippen MR) is 124 cm³/mol. The lowest BCUT2D eigenvalue weighted by molar-refractivity contribution is -0.140. The minimum Gasteiger partial charge on any atom is -0.481 e. The van der Waals surface area contributed by atoms with Crippen molar-refractivity contribution in [2.45, 2.75) is 26.0 Å². The van der Waals surface area contributed by atoms with Crippen molar-refractivity contribution in [2.75, 3.05) is 26.2 Å². The van der Waals surface area contributed by atoms with Crippen LogP contribution in [0.1, 0.15) is 29.7 Å². The molecule has 0 spiro atoms. The van der Waals surface area contributed by atoms with Crippen molar-refractivity contribution in [1.82, 2.24) is 9.80 Å². The highest BCUT2D eigenvalue weighted by atomic mass is 16.5. The highest BCUT2D eigenvalue weighted by Crippen LogP contribution is 2.29. The molecule has 1 aliphatic heterocycles. The van der Waals surface area contributed by atoms with Gasteiger partial charge in [-0.05, 0) is 42.7 Å². The van der Waals surface area contributed by atoms with E-state index in [1.165, 1.54) is 11.1 Å². The van der Waals surface area contributed by atoms with Crippen molar-refractivity contribution in [3.63, 3.8) is 0 Å². The molecule has 160 valence electrons. The Bertz CT molecular complexity index is 943. The lowest BCUT2D eigenvalue weighted by Crippen LogP contribution is -2.52. The van der Waals surface area contributed by atoms with Crippen molar-refractivity contribution in [3.8, 4) is 5.75 Å². The third-order valence-electron chi connectivity index (χ3n) is 5.87. The number of hydrogen-bond donors (Lipinski definition) is 0. The Labute approximate surface area is 185 Å². The summed E-state index contributed by atoms with van der Waals surface area (Å²) in [4.78, 5) is 17.4. The summed E-state index contributed by atoms with van der Waals surface area (Å²) in [6.45, 7) is 6.93. The van der Waals surface area contributed by atoms with Crippen LogP contribution in [0.2, 0.25) is 0 Å². The van der Waals surface area contributed by atoms with Gasteiger partial charge >= 0.3 is 0 Å².